The van der Waals surface area contributed by atoms with E-state index < -0.39 is 0 Å². The van der Waals surface area contributed by atoms with Crippen molar-refractivity contribution in [3.05, 3.63) is 206 Å². The lowest BCUT2D eigenvalue weighted by atomic mass is 9.92. The number of hydrogen-bond acceptors (Lipinski definition) is 4. The van der Waals surface area contributed by atoms with Gasteiger partial charge in [-0.25, -0.2) is 15.0 Å². The van der Waals surface area contributed by atoms with Crippen LogP contribution in [0.2, 0.25) is 0 Å². The minimum atomic E-state index is 0.603. The highest BCUT2D eigenvalue weighted by Gasteiger charge is 2.23. The summed E-state index contributed by atoms with van der Waals surface area (Å²) in [5.74, 6) is 1.84. The van der Waals surface area contributed by atoms with Gasteiger partial charge in [0.05, 0.1) is 16.7 Å². The van der Waals surface area contributed by atoms with E-state index in [0.29, 0.717) is 17.5 Å². The van der Waals surface area contributed by atoms with Crippen LogP contribution in [0.5, 0.6) is 0 Å². The van der Waals surface area contributed by atoms with E-state index in [0.717, 1.165) is 88.0 Å². The van der Waals surface area contributed by atoms with Gasteiger partial charge in [-0.2, -0.15) is 0 Å². The minimum absolute atomic E-state index is 0.603. The highest BCUT2D eigenvalue weighted by atomic mass is 16.3. The topological polar surface area (TPSA) is 56.7 Å². The van der Waals surface area contributed by atoms with E-state index >= 15 is 0 Å². The molecule has 5 heteroatoms. The van der Waals surface area contributed by atoms with Crippen LogP contribution in [0.4, 0.5) is 0 Å². The van der Waals surface area contributed by atoms with Gasteiger partial charge in [-0.1, -0.05) is 170 Å². The fourth-order valence-corrected chi connectivity index (χ4v) is 9.61. The van der Waals surface area contributed by atoms with Gasteiger partial charge in [-0.3, -0.25) is 0 Å². The molecule has 0 amide bonds. The summed E-state index contributed by atoms with van der Waals surface area (Å²) >= 11 is 0. The normalized spacial score (nSPS) is 11.9. The first-order valence-corrected chi connectivity index (χ1v) is 20.9. The van der Waals surface area contributed by atoms with Gasteiger partial charge in [0.2, 0.25) is 0 Å². The van der Waals surface area contributed by atoms with Crippen molar-refractivity contribution in [1.82, 2.24) is 19.5 Å². The summed E-state index contributed by atoms with van der Waals surface area (Å²) in [6, 6.07) is 72.8. The van der Waals surface area contributed by atoms with Gasteiger partial charge in [0, 0.05) is 43.8 Å². The van der Waals surface area contributed by atoms with E-state index in [1.54, 1.807) is 0 Å². The van der Waals surface area contributed by atoms with Crippen LogP contribution in [0.15, 0.2) is 211 Å². The first-order chi connectivity index (χ1) is 30.7. The first-order valence-electron chi connectivity index (χ1n) is 20.9. The third-order valence-corrected chi connectivity index (χ3v) is 12.4. The molecule has 0 unspecified atom stereocenters. The lowest BCUT2D eigenvalue weighted by Crippen LogP contribution is -2.04. The molecule has 0 saturated heterocycles. The standard InChI is InChI=1S/C57H34N4O/c1-3-16-35(17-4-1)55-58-56(36-18-5-2-6-19-36)60-57(59-55)49-33-46-41-22-9-7-20-39(41)40-21-8-10-23-42(40)47(46)34-52(49)61-50-28-13-11-24-43(50)48-32-37(30-31-51(48)61)38-26-15-27-45-44-25-12-14-29-53(44)62-54(38)45/h1-34H. The molecule has 0 fully saturated rings. The van der Waals surface area contributed by atoms with Crippen molar-refractivity contribution in [2.45, 2.75) is 0 Å². The van der Waals surface area contributed by atoms with Gasteiger partial charge >= 0.3 is 0 Å². The van der Waals surface area contributed by atoms with Crippen molar-refractivity contribution in [2.75, 3.05) is 0 Å². The molecule has 5 nitrogen and oxygen atoms in total. The van der Waals surface area contributed by atoms with Gasteiger partial charge in [-0.05, 0) is 74.3 Å². The Hall–Kier alpha value is -8.41. The molecule has 0 saturated carbocycles. The maximum Gasteiger partial charge on any atom is 0.166 e. The Kier molecular flexibility index (Phi) is 7.54. The van der Waals surface area contributed by atoms with E-state index in [-0.39, 0.29) is 0 Å². The summed E-state index contributed by atoms with van der Waals surface area (Å²) in [6.07, 6.45) is 0. The van der Waals surface area contributed by atoms with E-state index in [1.807, 2.05) is 48.5 Å². The summed E-state index contributed by atoms with van der Waals surface area (Å²) in [5.41, 5.74) is 9.87. The van der Waals surface area contributed by atoms with Crippen molar-refractivity contribution in [2.24, 2.45) is 0 Å². The molecule has 10 aromatic carbocycles. The number of para-hydroxylation sites is 3. The molecule has 13 aromatic rings. The SMILES string of the molecule is c1ccc(-c2nc(-c3ccccc3)nc(-c3cc4c5ccccc5c5ccccc5c4cc3-n3c4ccccc4c4cc(-c5cccc6c5oc5ccccc56)ccc43)n2)cc1. The van der Waals surface area contributed by atoms with Crippen molar-refractivity contribution in [1.29, 1.82) is 0 Å². The fourth-order valence-electron chi connectivity index (χ4n) is 9.61. The second-order valence-electron chi connectivity index (χ2n) is 15.9. The predicted molar refractivity (Wildman–Crippen MR) is 256 cm³/mol. The lowest BCUT2D eigenvalue weighted by molar-refractivity contribution is 0.670. The molecule has 0 aliphatic carbocycles. The number of hydrogen-bond donors (Lipinski definition) is 0. The summed E-state index contributed by atoms with van der Waals surface area (Å²) in [4.78, 5) is 15.7. The summed E-state index contributed by atoms with van der Waals surface area (Å²) in [6.45, 7) is 0. The monoisotopic (exact) mass is 790 g/mol. The largest absolute Gasteiger partial charge is 0.455 e. The van der Waals surface area contributed by atoms with Crippen LogP contribution in [-0.2, 0) is 0 Å². The first kappa shape index (κ1) is 34.5. The maximum atomic E-state index is 6.54. The zero-order valence-corrected chi connectivity index (χ0v) is 33.3. The van der Waals surface area contributed by atoms with Crippen LogP contribution in [0, 0.1) is 0 Å². The Morgan fingerprint density at radius 3 is 1.50 bits per heavy atom. The lowest BCUT2D eigenvalue weighted by Gasteiger charge is -2.18. The third-order valence-electron chi connectivity index (χ3n) is 12.4. The summed E-state index contributed by atoms with van der Waals surface area (Å²) in [5, 5.41) is 11.7. The molecule has 0 spiro atoms. The van der Waals surface area contributed by atoms with Crippen molar-refractivity contribution < 1.29 is 4.42 Å². The molecule has 0 N–H and O–H groups in total. The van der Waals surface area contributed by atoms with E-state index in [2.05, 4.69) is 162 Å². The number of aromatic nitrogens is 4. The number of fused-ring (bicyclic) bond motifs is 12. The molecule has 3 heterocycles. The molecular formula is C57H34N4O. The zero-order valence-electron chi connectivity index (χ0n) is 33.3. The number of rotatable bonds is 5. The number of nitrogens with zero attached hydrogens (tertiary/aromatic N) is 4. The number of benzene rings is 10. The van der Waals surface area contributed by atoms with Crippen LogP contribution < -0.4 is 0 Å². The van der Waals surface area contributed by atoms with Crippen LogP contribution >= 0.6 is 0 Å². The van der Waals surface area contributed by atoms with Crippen molar-refractivity contribution >= 4 is 76.1 Å². The van der Waals surface area contributed by atoms with Crippen LogP contribution in [-0.4, -0.2) is 19.5 Å². The van der Waals surface area contributed by atoms with Gasteiger partial charge in [0.1, 0.15) is 11.2 Å². The molecule has 0 bridgehead atoms. The second-order valence-corrected chi connectivity index (χ2v) is 15.9. The zero-order chi connectivity index (χ0) is 40.7. The molecule has 0 radical (unpaired) electrons. The van der Waals surface area contributed by atoms with Gasteiger partial charge < -0.3 is 8.98 Å². The van der Waals surface area contributed by atoms with Crippen LogP contribution in [0.25, 0.3) is 127 Å². The molecule has 62 heavy (non-hydrogen) atoms. The van der Waals surface area contributed by atoms with Crippen molar-refractivity contribution in [3.63, 3.8) is 0 Å². The Labute approximate surface area is 355 Å². The highest BCUT2D eigenvalue weighted by Crippen LogP contribution is 2.44. The van der Waals surface area contributed by atoms with Crippen LogP contribution in [0.1, 0.15) is 0 Å². The number of furan rings is 1. The minimum Gasteiger partial charge on any atom is -0.455 e. The van der Waals surface area contributed by atoms with Gasteiger partial charge in [0.25, 0.3) is 0 Å². The summed E-state index contributed by atoms with van der Waals surface area (Å²) in [7, 11) is 0. The summed E-state index contributed by atoms with van der Waals surface area (Å²) < 4.78 is 8.95. The molecule has 0 aliphatic rings. The van der Waals surface area contributed by atoms with Gasteiger partial charge in [-0.15, -0.1) is 0 Å². The Morgan fingerprint density at radius 1 is 0.306 bits per heavy atom. The predicted octanol–water partition coefficient (Wildman–Crippen LogP) is 15.0. The molecule has 288 valence electrons. The molecule has 0 aliphatic heterocycles. The molecule has 13 rings (SSSR count). The average Bonchev–Trinajstić information content (AvgIpc) is 3.90. The average molecular weight is 791 g/mol. The Balaban J connectivity index is 1.14. The van der Waals surface area contributed by atoms with E-state index in [9.17, 15) is 0 Å². The quantitative estimate of drug-likeness (QED) is 0.163. The fraction of sp³-hybridized carbons (Fsp3) is 0. The Morgan fingerprint density at radius 2 is 0.823 bits per heavy atom. The van der Waals surface area contributed by atoms with Crippen LogP contribution in [0.3, 0.4) is 0 Å². The second kappa shape index (κ2) is 13.6. The highest BCUT2D eigenvalue weighted by molar-refractivity contribution is 6.26. The smallest absolute Gasteiger partial charge is 0.166 e. The molecule has 0 atom stereocenters. The van der Waals surface area contributed by atoms with E-state index in [1.165, 1.54) is 21.5 Å². The maximum absolute atomic E-state index is 6.54. The third kappa shape index (κ3) is 5.25. The Bertz CT molecular complexity index is 3870. The van der Waals surface area contributed by atoms with Gasteiger partial charge in [0.15, 0.2) is 17.5 Å². The van der Waals surface area contributed by atoms with Crippen molar-refractivity contribution in [3.8, 4) is 51.0 Å². The van der Waals surface area contributed by atoms with E-state index in [4.69, 9.17) is 19.4 Å². The molecule has 3 aromatic heterocycles. The molecular weight excluding hydrogens is 757 g/mol.